The van der Waals surface area contributed by atoms with Crippen LogP contribution in [0, 0.1) is 6.92 Å². The van der Waals surface area contributed by atoms with Crippen molar-refractivity contribution >= 4 is 41.0 Å². The van der Waals surface area contributed by atoms with Crippen molar-refractivity contribution in [2.45, 2.75) is 26.9 Å². The summed E-state index contributed by atoms with van der Waals surface area (Å²) in [6, 6.07) is 9.84. The molecule has 0 spiro atoms. The summed E-state index contributed by atoms with van der Waals surface area (Å²) < 4.78 is 11.6. The second-order valence-corrected chi connectivity index (χ2v) is 6.42. The average Bonchev–Trinajstić information content (AvgIpc) is 2.56. The fraction of sp³-hybridized carbons (Fsp3) is 0.278. The van der Waals surface area contributed by atoms with Gasteiger partial charge >= 0.3 is 6.09 Å². The van der Waals surface area contributed by atoms with E-state index in [0.29, 0.717) is 12.3 Å². The molecule has 2 aromatic carbocycles. The van der Waals surface area contributed by atoms with Crippen molar-refractivity contribution in [1.29, 1.82) is 0 Å². The average molecular weight is 390 g/mol. The highest BCUT2D eigenvalue weighted by atomic mass is 79.9. The maximum atomic E-state index is 11.5. The van der Waals surface area contributed by atoms with E-state index in [1.54, 1.807) is 0 Å². The molecule has 0 radical (unpaired) electrons. The van der Waals surface area contributed by atoms with Crippen LogP contribution in [-0.2, 0) is 17.8 Å². The first kappa shape index (κ1) is 18.4. The molecule has 0 saturated carbocycles. The summed E-state index contributed by atoms with van der Waals surface area (Å²) in [5.74, 6) is 0.789. The Kier molecular flexibility index (Phi) is 6.32. The van der Waals surface area contributed by atoms with Gasteiger partial charge in [0.2, 0.25) is 0 Å². The Balaban J connectivity index is 2.23. The standard InChI is InChI=1S/C18H21BBrNO3/c1-4-12-9-15(20)17(8-11(12)2)24-10-13-14(19)6-5-7-16(13)21-18(22)23-3/h5-9H,4,10,19H2,1-3H3,(H,21,22). The van der Waals surface area contributed by atoms with Crippen molar-refractivity contribution < 1.29 is 14.3 Å². The number of halogens is 1. The van der Waals surface area contributed by atoms with Crippen molar-refractivity contribution in [1.82, 2.24) is 0 Å². The Morgan fingerprint density at radius 1 is 1.33 bits per heavy atom. The molecule has 4 nitrogen and oxygen atoms in total. The zero-order valence-corrected chi connectivity index (χ0v) is 16.0. The van der Waals surface area contributed by atoms with Gasteiger partial charge in [0.05, 0.1) is 17.3 Å². The van der Waals surface area contributed by atoms with E-state index in [2.05, 4.69) is 45.9 Å². The Bertz CT molecular complexity index is 749. The second kappa shape index (κ2) is 8.24. The van der Waals surface area contributed by atoms with Crippen molar-refractivity contribution in [3.05, 3.63) is 51.5 Å². The third-order valence-corrected chi connectivity index (χ3v) is 4.60. The molecule has 2 rings (SSSR count). The van der Waals surface area contributed by atoms with Crippen LogP contribution in [0.2, 0.25) is 0 Å². The number of hydrogen-bond acceptors (Lipinski definition) is 3. The van der Waals surface area contributed by atoms with Gasteiger partial charge in [0.1, 0.15) is 20.2 Å². The molecule has 126 valence electrons. The van der Waals surface area contributed by atoms with Gasteiger partial charge < -0.3 is 9.47 Å². The number of aryl methyl sites for hydroxylation is 2. The van der Waals surface area contributed by atoms with Crippen LogP contribution < -0.4 is 15.5 Å². The largest absolute Gasteiger partial charge is 0.488 e. The predicted octanol–water partition coefficient (Wildman–Crippen LogP) is 3.34. The maximum absolute atomic E-state index is 11.5. The van der Waals surface area contributed by atoms with E-state index in [9.17, 15) is 4.79 Å². The highest BCUT2D eigenvalue weighted by Crippen LogP contribution is 2.30. The molecule has 0 bridgehead atoms. The fourth-order valence-corrected chi connectivity index (χ4v) is 3.01. The summed E-state index contributed by atoms with van der Waals surface area (Å²) in [6.07, 6.45) is 0.488. The summed E-state index contributed by atoms with van der Waals surface area (Å²) in [4.78, 5) is 11.5. The van der Waals surface area contributed by atoms with Crippen LogP contribution in [0.15, 0.2) is 34.8 Å². The predicted molar refractivity (Wildman–Crippen MR) is 103 cm³/mol. The molecule has 24 heavy (non-hydrogen) atoms. The SMILES string of the molecule is Bc1cccc(NC(=O)OC)c1COc1cc(C)c(CC)cc1Br. The summed E-state index contributed by atoms with van der Waals surface area (Å²) in [6.45, 7) is 4.57. The molecule has 1 amide bonds. The first-order valence-corrected chi connectivity index (χ1v) is 8.60. The molecule has 6 heteroatoms. The lowest BCUT2D eigenvalue weighted by Gasteiger charge is -2.16. The molecule has 0 aliphatic rings. The smallest absolute Gasteiger partial charge is 0.411 e. The van der Waals surface area contributed by atoms with Crippen LogP contribution in [0.25, 0.3) is 0 Å². The second-order valence-electron chi connectivity index (χ2n) is 5.57. The quantitative estimate of drug-likeness (QED) is 0.797. The lowest BCUT2D eigenvalue weighted by atomic mass is 9.90. The molecular formula is C18H21BBrNO3. The monoisotopic (exact) mass is 389 g/mol. The molecule has 0 aliphatic heterocycles. The molecule has 0 fully saturated rings. The van der Waals surface area contributed by atoms with Gasteiger partial charge in [-0.25, -0.2) is 4.79 Å². The van der Waals surface area contributed by atoms with Gasteiger partial charge in [-0.3, -0.25) is 5.32 Å². The molecule has 0 unspecified atom stereocenters. The number of rotatable bonds is 5. The number of carbonyl (C=O) groups excluding carboxylic acids is 1. The minimum absolute atomic E-state index is 0.357. The summed E-state index contributed by atoms with van der Waals surface area (Å²) in [7, 11) is 3.33. The lowest BCUT2D eigenvalue weighted by Crippen LogP contribution is -2.19. The van der Waals surface area contributed by atoms with Gasteiger partial charge in [-0.2, -0.15) is 0 Å². The summed E-state index contributed by atoms with van der Waals surface area (Å²) in [5, 5.41) is 2.73. The van der Waals surface area contributed by atoms with Crippen LogP contribution in [0.4, 0.5) is 10.5 Å². The summed E-state index contributed by atoms with van der Waals surface area (Å²) in [5.41, 5.74) is 5.15. The molecule has 0 aromatic heterocycles. The van der Waals surface area contributed by atoms with Crippen molar-refractivity contribution in [3.63, 3.8) is 0 Å². The Morgan fingerprint density at radius 2 is 2.08 bits per heavy atom. The van der Waals surface area contributed by atoms with Crippen LogP contribution >= 0.6 is 15.9 Å². The maximum Gasteiger partial charge on any atom is 0.411 e. The van der Waals surface area contributed by atoms with Crippen molar-refractivity contribution in [3.8, 4) is 5.75 Å². The van der Waals surface area contributed by atoms with Gasteiger partial charge in [-0.15, -0.1) is 0 Å². The van der Waals surface area contributed by atoms with Crippen LogP contribution in [0.5, 0.6) is 5.75 Å². The van der Waals surface area contributed by atoms with E-state index >= 15 is 0 Å². The Morgan fingerprint density at radius 3 is 2.75 bits per heavy atom. The number of ether oxygens (including phenoxy) is 2. The number of anilines is 1. The molecule has 0 saturated heterocycles. The molecular weight excluding hydrogens is 369 g/mol. The lowest BCUT2D eigenvalue weighted by molar-refractivity contribution is 0.187. The zero-order valence-electron chi connectivity index (χ0n) is 14.4. The Labute approximate surface area is 152 Å². The first-order chi connectivity index (χ1) is 11.5. The number of methoxy groups -OCH3 is 1. The topological polar surface area (TPSA) is 47.6 Å². The summed E-state index contributed by atoms with van der Waals surface area (Å²) >= 11 is 3.57. The Hall–Kier alpha value is -1.95. The highest BCUT2D eigenvalue weighted by molar-refractivity contribution is 9.10. The van der Waals surface area contributed by atoms with E-state index in [1.165, 1.54) is 18.2 Å². The minimum atomic E-state index is -0.494. The molecule has 1 N–H and O–H groups in total. The molecule has 0 heterocycles. The highest BCUT2D eigenvalue weighted by Gasteiger charge is 2.11. The third-order valence-electron chi connectivity index (χ3n) is 3.98. The van der Waals surface area contributed by atoms with Crippen LogP contribution in [0.1, 0.15) is 23.6 Å². The van der Waals surface area contributed by atoms with Crippen molar-refractivity contribution in [2.24, 2.45) is 0 Å². The van der Waals surface area contributed by atoms with Gasteiger partial charge in [0.25, 0.3) is 0 Å². The van der Waals surface area contributed by atoms with E-state index < -0.39 is 6.09 Å². The van der Waals surface area contributed by atoms with Gasteiger partial charge in [0, 0.05) is 5.56 Å². The number of benzene rings is 2. The minimum Gasteiger partial charge on any atom is -0.488 e. The first-order valence-electron chi connectivity index (χ1n) is 7.81. The van der Waals surface area contributed by atoms with E-state index in [4.69, 9.17) is 4.74 Å². The zero-order chi connectivity index (χ0) is 17.7. The van der Waals surface area contributed by atoms with Gasteiger partial charge in [0.15, 0.2) is 0 Å². The number of nitrogens with one attached hydrogen (secondary N) is 1. The molecule has 2 aromatic rings. The number of hydrogen-bond donors (Lipinski definition) is 1. The van der Waals surface area contributed by atoms with Gasteiger partial charge in [-0.05, 0) is 58.6 Å². The fourth-order valence-electron chi connectivity index (χ4n) is 2.51. The van der Waals surface area contributed by atoms with Gasteiger partial charge in [-0.1, -0.05) is 24.5 Å². The normalized spacial score (nSPS) is 10.3. The third kappa shape index (κ3) is 4.32. The van der Waals surface area contributed by atoms with E-state index in [-0.39, 0.29) is 0 Å². The molecule has 0 atom stereocenters. The number of amides is 1. The van der Waals surface area contributed by atoms with E-state index in [0.717, 1.165) is 27.7 Å². The van der Waals surface area contributed by atoms with Crippen molar-refractivity contribution in [2.75, 3.05) is 12.4 Å². The van der Waals surface area contributed by atoms with Crippen LogP contribution in [0.3, 0.4) is 0 Å². The number of carbonyl (C=O) groups is 1. The van der Waals surface area contributed by atoms with Crippen LogP contribution in [-0.4, -0.2) is 21.0 Å². The molecule has 0 aliphatic carbocycles. The van der Waals surface area contributed by atoms with E-state index in [1.807, 2.05) is 32.1 Å².